The van der Waals surface area contributed by atoms with Crippen LogP contribution in [0.1, 0.15) is 72.7 Å². The van der Waals surface area contributed by atoms with Crippen molar-refractivity contribution in [2.75, 3.05) is 26.2 Å². The number of hydrogen-bond donors (Lipinski definition) is 0. The maximum atomic E-state index is 13.0. The molecule has 1 saturated carbocycles. The molecule has 0 bridgehead atoms. The van der Waals surface area contributed by atoms with Crippen molar-refractivity contribution in [3.8, 4) is 0 Å². The average Bonchev–Trinajstić information content (AvgIpc) is 3.53. The van der Waals surface area contributed by atoms with Crippen molar-refractivity contribution < 1.29 is 9.59 Å². The minimum atomic E-state index is 0.0798. The lowest BCUT2D eigenvalue weighted by molar-refractivity contribution is -0.133. The Morgan fingerprint density at radius 3 is 2.31 bits per heavy atom. The van der Waals surface area contributed by atoms with Crippen LogP contribution >= 0.6 is 0 Å². The second-order valence-corrected chi connectivity index (χ2v) is 7.94. The summed E-state index contributed by atoms with van der Waals surface area (Å²) < 4.78 is 0. The quantitative estimate of drug-likeness (QED) is 0.835. The Balaban J connectivity index is 1.49. The van der Waals surface area contributed by atoms with Gasteiger partial charge in [-0.05, 0) is 51.9 Å². The number of carbonyl (C=O) groups excluding carboxylic acids is 2. The van der Waals surface area contributed by atoms with E-state index in [-0.39, 0.29) is 17.7 Å². The number of aromatic nitrogens is 2. The molecule has 0 atom stereocenters. The lowest BCUT2D eigenvalue weighted by atomic mass is 9.90. The third kappa shape index (κ3) is 3.60. The summed E-state index contributed by atoms with van der Waals surface area (Å²) in [5.74, 6) is 1.64. The lowest BCUT2D eigenvalue weighted by Crippen LogP contribution is -2.40. The molecular weight excluding hydrogens is 328 g/mol. The van der Waals surface area contributed by atoms with Gasteiger partial charge in [-0.2, -0.15) is 0 Å². The van der Waals surface area contributed by atoms with Crippen LogP contribution in [0.4, 0.5) is 0 Å². The van der Waals surface area contributed by atoms with E-state index in [1.807, 2.05) is 16.7 Å². The number of hydrogen-bond acceptors (Lipinski definition) is 4. The van der Waals surface area contributed by atoms with Crippen molar-refractivity contribution in [2.45, 2.75) is 57.8 Å². The molecule has 1 aromatic heterocycles. The van der Waals surface area contributed by atoms with Gasteiger partial charge in [0.15, 0.2) is 0 Å². The molecule has 3 heterocycles. The maximum absolute atomic E-state index is 13.0. The van der Waals surface area contributed by atoms with Crippen LogP contribution < -0.4 is 0 Å². The van der Waals surface area contributed by atoms with Gasteiger partial charge in [0.05, 0.1) is 11.3 Å². The average molecular weight is 356 g/mol. The van der Waals surface area contributed by atoms with E-state index in [1.54, 1.807) is 6.20 Å². The van der Waals surface area contributed by atoms with Crippen molar-refractivity contribution >= 4 is 11.8 Å². The predicted octanol–water partition coefficient (Wildman–Crippen LogP) is 2.53. The Morgan fingerprint density at radius 1 is 0.962 bits per heavy atom. The molecule has 3 fully saturated rings. The molecule has 2 aliphatic heterocycles. The van der Waals surface area contributed by atoms with Crippen molar-refractivity contribution in [1.29, 1.82) is 0 Å². The van der Waals surface area contributed by atoms with Gasteiger partial charge in [-0.25, -0.2) is 9.97 Å². The Kier molecular flexibility index (Phi) is 4.92. The number of nitrogens with zero attached hydrogens (tertiary/aromatic N) is 4. The van der Waals surface area contributed by atoms with E-state index < -0.39 is 0 Å². The predicted molar refractivity (Wildman–Crippen MR) is 97.8 cm³/mol. The number of rotatable bonds is 3. The first kappa shape index (κ1) is 17.4. The summed E-state index contributed by atoms with van der Waals surface area (Å²) in [6.07, 6.45) is 8.96. The molecule has 1 aromatic rings. The topological polar surface area (TPSA) is 66.4 Å². The van der Waals surface area contributed by atoms with Gasteiger partial charge in [-0.15, -0.1) is 0 Å². The maximum Gasteiger partial charge on any atom is 0.257 e. The summed E-state index contributed by atoms with van der Waals surface area (Å²) in [6, 6.07) is 0. The fraction of sp³-hybridized carbons (Fsp3) is 0.700. The van der Waals surface area contributed by atoms with Gasteiger partial charge in [-0.3, -0.25) is 9.59 Å². The summed E-state index contributed by atoms with van der Waals surface area (Å²) in [4.78, 5) is 38.2. The first-order chi connectivity index (χ1) is 12.6. The van der Waals surface area contributed by atoms with Gasteiger partial charge in [-0.1, -0.05) is 0 Å². The minimum absolute atomic E-state index is 0.0798. The summed E-state index contributed by atoms with van der Waals surface area (Å²) >= 11 is 0. The monoisotopic (exact) mass is 356 g/mol. The van der Waals surface area contributed by atoms with E-state index in [4.69, 9.17) is 0 Å². The van der Waals surface area contributed by atoms with Gasteiger partial charge >= 0.3 is 0 Å². The van der Waals surface area contributed by atoms with E-state index >= 15 is 0 Å². The molecule has 6 nitrogen and oxygen atoms in total. The summed E-state index contributed by atoms with van der Waals surface area (Å²) in [5.41, 5.74) is 1.57. The highest BCUT2D eigenvalue weighted by Gasteiger charge is 2.36. The van der Waals surface area contributed by atoms with Crippen LogP contribution in [0.25, 0.3) is 0 Å². The van der Waals surface area contributed by atoms with Crippen LogP contribution in [-0.4, -0.2) is 57.8 Å². The van der Waals surface area contributed by atoms with Crippen LogP contribution in [-0.2, 0) is 4.79 Å². The van der Waals surface area contributed by atoms with E-state index in [1.165, 1.54) is 6.42 Å². The largest absolute Gasteiger partial charge is 0.342 e. The minimum Gasteiger partial charge on any atom is -0.342 e. The van der Waals surface area contributed by atoms with Crippen molar-refractivity contribution in [3.63, 3.8) is 0 Å². The molecule has 26 heavy (non-hydrogen) atoms. The highest BCUT2D eigenvalue weighted by Crippen LogP contribution is 2.35. The van der Waals surface area contributed by atoms with E-state index in [2.05, 4.69) is 9.97 Å². The molecular formula is C20H28N4O2. The molecule has 2 amide bonds. The summed E-state index contributed by atoms with van der Waals surface area (Å²) in [7, 11) is 0. The molecule has 140 valence electrons. The van der Waals surface area contributed by atoms with Crippen molar-refractivity contribution in [3.05, 3.63) is 23.3 Å². The van der Waals surface area contributed by atoms with Gasteiger partial charge in [0.1, 0.15) is 5.82 Å². The third-order valence-electron chi connectivity index (χ3n) is 5.93. The molecule has 0 spiro atoms. The second kappa shape index (κ2) is 7.33. The zero-order valence-electron chi connectivity index (χ0n) is 15.6. The normalized spacial score (nSPS) is 21.7. The molecule has 4 rings (SSSR count). The van der Waals surface area contributed by atoms with Crippen LogP contribution in [0.3, 0.4) is 0 Å². The Labute approximate surface area is 155 Å². The highest BCUT2D eigenvalue weighted by atomic mass is 16.2. The SMILES string of the molecule is Cc1ncc(C(=O)N2CCCCC2)c(C2CCN(C(=O)C3CC3)CC2)n1. The van der Waals surface area contributed by atoms with Crippen molar-refractivity contribution in [1.82, 2.24) is 19.8 Å². The standard InChI is InChI=1S/C20H28N4O2/c1-14-21-13-17(20(26)23-9-3-2-4-10-23)18(22-14)15-7-11-24(12-8-15)19(25)16-5-6-16/h13,15-16H,2-12H2,1H3. The van der Waals surface area contributed by atoms with Gasteiger partial charge in [0, 0.05) is 44.2 Å². The number of likely N-dealkylation sites (tertiary alicyclic amines) is 2. The fourth-order valence-electron chi connectivity index (χ4n) is 4.19. The second-order valence-electron chi connectivity index (χ2n) is 7.94. The molecule has 2 saturated heterocycles. The first-order valence-electron chi connectivity index (χ1n) is 10.0. The Morgan fingerprint density at radius 2 is 1.65 bits per heavy atom. The highest BCUT2D eigenvalue weighted by molar-refractivity contribution is 5.95. The van der Waals surface area contributed by atoms with E-state index in [9.17, 15) is 9.59 Å². The Hall–Kier alpha value is -1.98. The summed E-state index contributed by atoms with van der Waals surface area (Å²) in [6.45, 7) is 5.10. The molecule has 0 N–H and O–H groups in total. The van der Waals surface area contributed by atoms with Crippen molar-refractivity contribution in [2.24, 2.45) is 5.92 Å². The zero-order chi connectivity index (χ0) is 18.1. The van der Waals surface area contributed by atoms with E-state index in [0.29, 0.717) is 17.3 Å². The van der Waals surface area contributed by atoms with Crippen LogP contribution in [0.2, 0.25) is 0 Å². The Bertz CT molecular complexity index is 687. The first-order valence-corrected chi connectivity index (χ1v) is 10.0. The molecule has 0 aromatic carbocycles. The van der Waals surface area contributed by atoms with Gasteiger partial charge in [0.25, 0.3) is 5.91 Å². The number of amides is 2. The molecule has 3 aliphatic rings. The summed E-state index contributed by atoms with van der Waals surface area (Å²) in [5, 5.41) is 0. The molecule has 1 aliphatic carbocycles. The fourth-order valence-corrected chi connectivity index (χ4v) is 4.19. The molecule has 0 radical (unpaired) electrons. The van der Waals surface area contributed by atoms with E-state index in [0.717, 1.165) is 70.4 Å². The van der Waals surface area contributed by atoms with Crippen LogP contribution in [0.5, 0.6) is 0 Å². The number of piperidine rings is 2. The van der Waals surface area contributed by atoms with Crippen LogP contribution in [0.15, 0.2) is 6.20 Å². The number of carbonyl (C=O) groups is 2. The van der Waals surface area contributed by atoms with Gasteiger partial charge < -0.3 is 9.80 Å². The molecule has 6 heteroatoms. The lowest BCUT2D eigenvalue weighted by Gasteiger charge is -2.33. The zero-order valence-corrected chi connectivity index (χ0v) is 15.6. The van der Waals surface area contributed by atoms with Gasteiger partial charge in [0.2, 0.25) is 5.91 Å². The number of aryl methyl sites for hydroxylation is 1. The third-order valence-corrected chi connectivity index (χ3v) is 5.93. The smallest absolute Gasteiger partial charge is 0.257 e. The molecule has 0 unspecified atom stereocenters. The van der Waals surface area contributed by atoms with Crippen LogP contribution in [0, 0.1) is 12.8 Å².